The third-order valence-corrected chi connectivity index (χ3v) is 4.14. The zero-order valence-electron chi connectivity index (χ0n) is 11.0. The number of hydrogen-bond donors (Lipinski definition) is 1. The third-order valence-electron chi connectivity index (χ3n) is 3.13. The second-order valence-electron chi connectivity index (χ2n) is 4.58. The summed E-state index contributed by atoms with van der Waals surface area (Å²) < 4.78 is 32.7. The molecule has 2 rings (SSSR count). The van der Waals surface area contributed by atoms with E-state index in [9.17, 15) is 8.78 Å². The number of rotatable bonds is 5. The Labute approximate surface area is 116 Å². The van der Waals surface area contributed by atoms with Crippen LogP contribution in [0.25, 0.3) is 0 Å². The van der Waals surface area contributed by atoms with Gasteiger partial charge in [0.05, 0.1) is 18.8 Å². The molecule has 2 nitrogen and oxygen atoms in total. The molecule has 2 unspecified atom stereocenters. The van der Waals surface area contributed by atoms with Crippen molar-refractivity contribution in [3.05, 3.63) is 35.4 Å². The van der Waals surface area contributed by atoms with Crippen LogP contribution in [0.5, 0.6) is 0 Å². The predicted molar refractivity (Wildman–Crippen MR) is 74.5 cm³/mol. The number of thioether (sulfide) groups is 1. The number of nitrogens with one attached hydrogen (secondary N) is 1. The second-order valence-corrected chi connectivity index (χ2v) is 5.73. The fourth-order valence-corrected chi connectivity index (χ4v) is 3.10. The molecule has 1 N–H and O–H groups in total. The molecule has 0 aromatic heterocycles. The van der Waals surface area contributed by atoms with E-state index in [1.165, 1.54) is 12.1 Å². The van der Waals surface area contributed by atoms with E-state index >= 15 is 0 Å². The molecular weight excluding hydrogens is 268 g/mol. The SMILES string of the molecule is CCCNC(c1ccc(F)cc1F)C1CSCCO1. The Kier molecular flexibility index (Phi) is 5.60. The van der Waals surface area contributed by atoms with Crippen LogP contribution in [-0.2, 0) is 4.74 Å². The van der Waals surface area contributed by atoms with Crippen molar-refractivity contribution in [2.24, 2.45) is 0 Å². The summed E-state index contributed by atoms with van der Waals surface area (Å²) in [6, 6.07) is 3.54. The summed E-state index contributed by atoms with van der Waals surface area (Å²) in [7, 11) is 0. The van der Waals surface area contributed by atoms with Crippen LogP contribution >= 0.6 is 11.8 Å². The average Bonchev–Trinajstić information content (AvgIpc) is 2.42. The molecule has 1 aliphatic heterocycles. The number of hydrogen-bond acceptors (Lipinski definition) is 3. The Morgan fingerprint density at radius 3 is 2.95 bits per heavy atom. The summed E-state index contributed by atoms with van der Waals surface area (Å²) in [5.74, 6) is 0.753. The first kappa shape index (κ1) is 14.8. The lowest BCUT2D eigenvalue weighted by atomic mass is 10.0. The molecule has 0 amide bonds. The Balaban J connectivity index is 2.19. The maximum Gasteiger partial charge on any atom is 0.130 e. The van der Waals surface area contributed by atoms with Crippen LogP contribution in [0.15, 0.2) is 18.2 Å². The van der Waals surface area contributed by atoms with Gasteiger partial charge in [-0.1, -0.05) is 13.0 Å². The van der Waals surface area contributed by atoms with Crippen molar-refractivity contribution >= 4 is 11.8 Å². The standard InChI is InChI=1S/C14H19F2NOS/c1-2-5-17-14(13-9-19-7-6-18-13)11-4-3-10(15)8-12(11)16/h3-4,8,13-14,17H,2,5-7,9H2,1H3. The molecule has 1 fully saturated rings. The summed E-state index contributed by atoms with van der Waals surface area (Å²) in [5, 5.41) is 3.31. The van der Waals surface area contributed by atoms with E-state index < -0.39 is 11.6 Å². The first-order valence-corrected chi connectivity index (χ1v) is 7.75. The molecule has 5 heteroatoms. The number of benzene rings is 1. The van der Waals surface area contributed by atoms with E-state index in [1.54, 1.807) is 11.8 Å². The maximum atomic E-state index is 13.9. The lowest BCUT2D eigenvalue weighted by Crippen LogP contribution is -2.39. The lowest BCUT2D eigenvalue weighted by Gasteiger charge is -2.31. The van der Waals surface area contributed by atoms with E-state index in [4.69, 9.17) is 4.74 Å². The quantitative estimate of drug-likeness (QED) is 0.899. The van der Waals surface area contributed by atoms with E-state index in [-0.39, 0.29) is 12.1 Å². The van der Waals surface area contributed by atoms with Gasteiger partial charge in [0.2, 0.25) is 0 Å². The van der Waals surface area contributed by atoms with Gasteiger partial charge in [0.1, 0.15) is 11.6 Å². The Morgan fingerprint density at radius 2 is 2.32 bits per heavy atom. The van der Waals surface area contributed by atoms with E-state index in [2.05, 4.69) is 12.2 Å². The highest BCUT2D eigenvalue weighted by Gasteiger charge is 2.28. The Bertz CT molecular complexity index is 410. The van der Waals surface area contributed by atoms with Gasteiger partial charge < -0.3 is 10.1 Å². The van der Waals surface area contributed by atoms with Crippen molar-refractivity contribution in [3.8, 4) is 0 Å². The largest absolute Gasteiger partial charge is 0.375 e. The highest BCUT2D eigenvalue weighted by atomic mass is 32.2. The smallest absolute Gasteiger partial charge is 0.130 e. The van der Waals surface area contributed by atoms with Crippen LogP contribution in [0.2, 0.25) is 0 Å². The Hall–Kier alpha value is -0.650. The van der Waals surface area contributed by atoms with E-state index in [0.717, 1.165) is 30.5 Å². The molecule has 1 aromatic rings. The van der Waals surface area contributed by atoms with Crippen LogP contribution in [0.3, 0.4) is 0 Å². The number of halogens is 2. The maximum absolute atomic E-state index is 13.9. The fraction of sp³-hybridized carbons (Fsp3) is 0.571. The molecular formula is C14H19F2NOS. The minimum Gasteiger partial charge on any atom is -0.375 e. The van der Waals surface area contributed by atoms with Crippen molar-refractivity contribution in [1.82, 2.24) is 5.32 Å². The minimum absolute atomic E-state index is 0.0646. The normalized spacial score (nSPS) is 21.3. The van der Waals surface area contributed by atoms with Gasteiger partial charge in [-0.05, 0) is 19.0 Å². The lowest BCUT2D eigenvalue weighted by molar-refractivity contribution is 0.0458. The van der Waals surface area contributed by atoms with Crippen LogP contribution in [0, 0.1) is 11.6 Å². The monoisotopic (exact) mass is 287 g/mol. The summed E-state index contributed by atoms with van der Waals surface area (Å²) in [4.78, 5) is 0. The molecule has 2 atom stereocenters. The van der Waals surface area contributed by atoms with Gasteiger partial charge in [-0.15, -0.1) is 0 Å². The summed E-state index contributed by atoms with van der Waals surface area (Å²) in [6.45, 7) is 3.52. The van der Waals surface area contributed by atoms with Gasteiger partial charge in [0.15, 0.2) is 0 Å². The van der Waals surface area contributed by atoms with Crippen LogP contribution < -0.4 is 5.32 Å². The zero-order valence-corrected chi connectivity index (χ0v) is 11.8. The molecule has 106 valence electrons. The zero-order chi connectivity index (χ0) is 13.7. The van der Waals surface area contributed by atoms with Crippen LogP contribution in [-0.4, -0.2) is 30.8 Å². The number of ether oxygens (including phenoxy) is 1. The fourth-order valence-electron chi connectivity index (χ4n) is 2.19. The molecule has 1 heterocycles. The first-order chi connectivity index (χ1) is 9.22. The van der Waals surface area contributed by atoms with Crippen LogP contribution in [0.4, 0.5) is 8.78 Å². The summed E-state index contributed by atoms with van der Waals surface area (Å²) in [5.41, 5.74) is 0.488. The van der Waals surface area contributed by atoms with E-state index in [1.807, 2.05) is 0 Å². The van der Waals surface area contributed by atoms with Gasteiger partial charge in [0, 0.05) is 23.1 Å². The van der Waals surface area contributed by atoms with Crippen molar-refractivity contribution in [1.29, 1.82) is 0 Å². The third kappa shape index (κ3) is 3.91. The summed E-state index contributed by atoms with van der Waals surface area (Å²) >= 11 is 1.81. The van der Waals surface area contributed by atoms with Gasteiger partial charge in [-0.3, -0.25) is 0 Å². The molecule has 19 heavy (non-hydrogen) atoms. The van der Waals surface area contributed by atoms with Crippen LogP contribution in [0.1, 0.15) is 24.9 Å². The average molecular weight is 287 g/mol. The summed E-state index contributed by atoms with van der Waals surface area (Å²) in [6.07, 6.45) is 0.893. The molecule has 1 aromatic carbocycles. The molecule has 1 saturated heterocycles. The molecule has 0 saturated carbocycles. The molecule has 1 aliphatic rings. The molecule has 0 bridgehead atoms. The van der Waals surface area contributed by atoms with Gasteiger partial charge in [-0.2, -0.15) is 11.8 Å². The van der Waals surface area contributed by atoms with Gasteiger partial charge >= 0.3 is 0 Å². The first-order valence-electron chi connectivity index (χ1n) is 6.60. The van der Waals surface area contributed by atoms with Crippen molar-refractivity contribution in [2.45, 2.75) is 25.5 Å². The molecule has 0 radical (unpaired) electrons. The predicted octanol–water partition coefficient (Wildman–Crippen LogP) is 3.14. The van der Waals surface area contributed by atoms with Gasteiger partial charge in [-0.25, -0.2) is 8.78 Å². The van der Waals surface area contributed by atoms with Crippen molar-refractivity contribution in [2.75, 3.05) is 24.7 Å². The molecule has 0 spiro atoms. The Morgan fingerprint density at radius 1 is 1.47 bits per heavy atom. The highest BCUT2D eigenvalue weighted by Crippen LogP contribution is 2.27. The molecule has 0 aliphatic carbocycles. The second kappa shape index (κ2) is 7.22. The topological polar surface area (TPSA) is 21.3 Å². The highest BCUT2D eigenvalue weighted by molar-refractivity contribution is 7.99. The van der Waals surface area contributed by atoms with Crippen molar-refractivity contribution in [3.63, 3.8) is 0 Å². The minimum atomic E-state index is -0.547. The van der Waals surface area contributed by atoms with E-state index in [0.29, 0.717) is 12.2 Å². The van der Waals surface area contributed by atoms with Crippen molar-refractivity contribution < 1.29 is 13.5 Å². The van der Waals surface area contributed by atoms with Gasteiger partial charge in [0.25, 0.3) is 0 Å².